The van der Waals surface area contributed by atoms with Gasteiger partial charge in [0.15, 0.2) is 0 Å². The lowest BCUT2D eigenvalue weighted by Gasteiger charge is -2.29. The molecule has 3 N–H and O–H groups in total. The molecule has 0 saturated heterocycles. The Kier molecular flexibility index (Phi) is 3.89. The Morgan fingerprint density at radius 3 is 2.64 bits per heavy atom. The molecule has 1 fully saturated rings. The van der Waals surface area contributed by atoms with Crippen molar-refractivity contribution < 1.29 is 9.53 Å². The number of methoxy groups -OCH3 is 1. The standard InChI is InChI=1S/C10H20N2O2/c1-3-10(7-14-2,9(11)13)12-6-8-4-5-8/h8,12H,3-7H2,1-2H3,(H2,11,13). The number of amides is 1. The van der Waals surface area contributed by atoms with Gasteiger partial charge in [-0.15, -0.1) is 0 Å². The lowest BCUT2D eigenvalue weighted by Crippen LogP contribution is -2.58. The smallest absolute Gasteiger partial charge is 0.240 e. The van der Waals surface area contributed by atoms with E-state index in [1.807, 2.05) is 6.92 Å². The summed E-state index contributed by atoms with van der Waals surface area (Å²) in [6.07, 6.45) is 3.19. The largest absolute Gasteiger partial charge is 0.382 e. The number of nitrogens with two attached hydrogens (primary N) is 1. The summed E-state index contributed by atoms with van der Waals surface area (Å²) in [5.41, 5.74) is 4.72. The Morgan fingerprint density at radius 2 is 2.29 bits per heavy atom. The van der Waals surface area contributed by atoms with Gasteiger partial charge in [0.25, 0.3) is 0 Å². The molecule has 0 aromatic heterocycles. The van der Waals surface area contributed by atoms with Gasteiger partial charge in [0.05, 0.1) is 6.61 Å². The highest BCUT2D eigenvalue weighted by atomic mass is 16.5. The number of primary amides is 1. The summed E-state index contributed by atoms with van der Waals surface area (Å²) >= 11 is 0. The topological polar surface area (TPSA) is 64.3 Å². The number of carbonyl (C=O) groups is 1. The summed E-state index contributed by atoms with van der Waals surface area (Å²) in [5, 5.41) is 3.25. The highest BCUT2D eigenvalue weighted by molar-refractivity contribution is 5.84. The maximum absolute atomic E-state index is 11.4. The van der Waals surface area contributed by atoms with Crippen LogP contribution in [0.15, 0.2) is 0 Å². The molecule has 0 heterocycles. The van der Waals surface area contributed by atoms with Crippen LogP contribution in [0.5, 0.6) is 0 Å². The van der Waals surface area contributed by atoms with Gasteiger partial charge in [-0.2, -0.15) is 0 Å². The van der Waals surface area contributed by atoms with E-state index in [0.717, 1.165) is 12.5 Å². The number of ether oxygens (including phenoxy) is 1. The molecule has 0 bridgehead atoms. The van der Waals surface area contributed by atoms with Crippen LogP contribution in [-0.4, -0.2) is 31.7 Å². The summed E-state index contributed by atoms with van der Waals surface area (Å²) in [6.45, 7) is 3.18. The van der Waals surface area contributed by atoms with Crippen molar-refractivity contribution in [3.63, 3.8) is 0 Å². The van der Waals surface area contributed by atoms with E-state index in [-0.39, 0.29) is 5.91 Å². The Balaban J connectivity index is 2.50. The molecule has 0 radical (unpaired) electrons. The fourth-order valence-corrected chi connectivity index (χ4v) is 1.52. The second-order valence-corrected chi connectivity index (χ2v) is 4.06. The zero-order chi connectivity index (χ0) is 10.6. The van der Waals surface area contributed by atoms with Gasteiger partial charge in [0.2, 0.25) is 5.91 Å². The lowest BCUT2D eigenvalue weighted by atomic mass is 9.96. The van der Waals surface area contributed by atoms with Gasteiger partial charge in [-0.05, 0) is 31.7 Å². The van der Waals surface area contributed by atoms with Gasteiger partial charge in [-0.1, -0.05) is 6.92 Å². The monoisotopic (exact) mass is 200 g/mol. The maximum Gasteiger partial charge on any atom is 0.240 e. The summed E-state index contributed by atoms with van der Waals surface area (Å²) in [4.78, 5) is 11.4. The third-order valence-corrected chi connectivity index (χ3v) is 2.89. The Bertz CT molecular complexity index is 204. The highest BCUT2D eigenvalue weighted by Crippen LogP contribution is 2.28. The third-order valence-electron chi connectivity index (χ3n) is 2.89. The van der Waals surface area contributed by atoms with Crippen LogP contribution < -0.4 is 11.1 Å². The predicted octanol–water partition coefficient (Wildman–Crippen LogP) is 0.267. The molecule has 82 valence electrons. The first-order valence-electron chi connectivity index (χ1n) is 5.18. The van der Waals surface area contributed by atoms with Crippen LogP contribution in [-0.2, 0) is 9.53 Å². The summed E-state index contributed by atoms with van der Waals surface area (Å²) in [6, 6.07) is 0. The molecule has 1 saturated carbocycles. The SMILES string of the molecule is CCC(COC)(NCC1CC1)C(N)=O. The molecule has 0 aliphatic heterocycles. The Morgan fingerprint density at radius 1 is 1.64 bits per heavy atom. The van der Waals surface area contributed by atoms with E-state index in [9.17, 15) is 4.79 Å². The number of hydrogen-bond donors (Lipinski definition) is 2. The molecule has 1 rings (SSSR count). The van der Waals surface area contributed by atoms with Crippen LogP contribution in [0.2, 0.25) is 0 Å². The normalized spacial score (nSPS) is 20.4. The van der Waals surface area contributed by atoms with Crippen LogP contribution >= 0.6 is 0 Å². The van der Waals surface area contributed by atoms with Crippen molar-refractivity contribution in [3.8, 4) is 0 Å². The number of carbonyl (C=O) groups excluding carboxylic acids is 1. The molecule has 1 aliphatic carbocycles. The van der Waals surface area contributed by atoms with E-state index in [4.69, 9.17) is 10.5 Å². The van der Waals surface area contributed by atoms with Gasteiger partial charge in [0, 0.05) is 7.11 Å². The minimum atomic E-state index is -0.669. The van der Waals surface area contributed by atoms with E-state index < -0.39 is 5.54 Å². The molecule has 1 aliphatic rings. The Labute approximate surface area is 85.2 Å². The van der Waals surface area contributed by atoms with Crippen LogP contribution in [0.3, 0.4) is 0 Å². The second-order valence-electron chi connectivity index (χ2n) is 4.06. The minimum absolute atomic E-state index is 0.317. The van der Waals surface area contributed by atoms with E-state index in [1.165, 1.54) is 12.8 Å². The minimum Gasteiger partial charge on any atom is -0.382 e. The molecule has 0 aromatic carbocycles. The zero-order valence-corrected chi connectivity index (χ0v) is 9.01. The first kappa shape index (κ1) is 11.5. The molecule has 0 aromatic rings. The van der Waals surface area contributed by atoms with Crippen LogP contribution in [0.25, 0.3) is 0 Å². The quantitative estimate of drug-likeness (QED) is 0.620. The molecule has 0 spiro atoms. The lowest BCUT2D eigenvalue weighted by molar-refractivity contribution is -0.126. The van der Waals surface area contributed by atoms with Crippen LogP contribution in [0, 0.1) is 5.92 Å². The summed E-state index contributed by atoms with van der Waals surface area (Å²) in [7, 11) is 1.59. The van der Waals surface area contributed by atoms with Crippen LogP contribution in [0.4, 0.5) is 0 Å². The van der Waals surface area contributed by atoms with Gasteiger partial charge in [-0.25, -0.2) is 0 Å². The molecule has 1 atom stereocenters. The molecular formula is C10H20N2O2. The fraction of sp³-hybridized carbons (Fsp3) is 0.900. The number of nitrogens with one attached hydrogen (secondary N) is 1. The van der Waals surface area contributed by atoms with Gasteiger partial charge in [0.1, 0.15) is 5.54 Å². The number of rotatable bonds is 7. The third kappa shape index (κ3) is 2.69. The van der Waals surface area contributed by atoms with E-state index >= 15 is 0 Å². The fourth-order valence-electron chi connectivity index (χ4n) is 1.52. The maximum atomic E-state index is 11.4. The van der Waals surface area contributed by atoms with Crippen molar-refractivity contribution in [1.82, 2.24) is 5.32 Å². The predicted molar refractivity (Wildman–Crippen MR) is 54.8 cm³/mol. The van der Waals surface area contributed by atoms with Crippen molar-refractivity contribution in [2.75, 3.05) is 20.3 Å². The molecule has 14 heavy (non-hydrogen) atoms. The summed E-state index contributed by atoms with van der Waals surface area (Å²) in [5.74, 6) is 0.416. The van der Waals surface area contributed by atoms with Crippen LogP contribution in [0.1, 0.15) is 26.2 Å². The van der Waals surface area contributed by atoms with E-state index in [0.29, 0.717) is 13.0 Å². The van der Waals surface area contributed by atoms with Gasteiger partial charge < -0.3 is 15.8 Å². The number of hydrogen-bond acceptors (Lipinski definition) is 3. The average molecular weight is 200 g/mol. The van der Waals surface area contributed by atoms with Gasteiger partial charge >= 0.3 is 0 Å². The average Bonchev–Trinajstić information content (AvgIpc) is 2.95. The van der Waals surface area contributed by atoms with Crippen molar-refractivity contribution in [2.24, 2.45) is 11.7 Å². The molecule has 4 heteroatoms. The van der Waals surface area contributed by atoms with Crippen molar-refractivity contribution in [1.29, 1.82) is 0 Å². The highest BCUT2D eigenvalue weighted by Gasteiger charge is 2.36. The molecule has 1 amide bonds. The first-order chi connectivity index (χ1) is 6.64. The van der Waals surface area contributed by atoms with E-state index in [2.05, 4.69) is 5.32 Å². The van der Waals surface area contributed by atoms with Crippen molar-refractivity contribution in [2.45, 2.75) is 31.7 Å². The molecule has 4 nitrogen and oxygen atoms in total. The second kappa shape index (κ2) is 4.75. The molecular weight excluding hydrogens is 180 g/mol. The van der Waals surface area contributed by atoms with E-state index in [1.54, 1.807) is 7.11 Å². The van der Waals surface area contributed by atoms with Crippen molar-refractivity contribution in [3.05, 3.63) is 0 Å². The zero-order valence-electron chi connectivity index (χ0n) is 9.01. The Hall–Kier alpha value is -0.610. The molecule has 1 unspecified atom stereocenters. The summed E-state index contributed by atoms with van der Waals surface area (Å²) < 4.78 is 5.05. The van der Waals surface area contributed by atoms with Gasteiger partial charge in [-0.3, -0.25) is 4.79 Å². The first-order valence-corrected chi connectivity index (χ1v) is 5.18. The van der Waals surface area contributed by atoms with Crippen molar-refractivity contribution >= 4 is 5.91 Å².